The van der Waals surface area contributed by atoms with Crippen LogP contribution in [0.3, 0.4) is 0 Å². The number of oxime groups is 1. The second-order valence-corrected chi connectivity index (χ2v) is 8.18. The molecule has 1 N–H and O–H groups in total. The Morgan fingerprint density at radius 2 is 2.15 bits per heavy atom. The van der Waals surface area contributed by atoms with Gasteiger partial charge in [0, 0.05) is 23.0 Å². The van der Waals surface area contributed by atoms with Crippen molar-refractivity contribution < 1.29 is 14.7 Å². The molecule has 2 aliphatic rings. The molecule has 0 unspecified atom stereocenters. The highest BCUT2D eigenvalue weighted by molar-refractivity contribution is 5.99. The largest absolute Gasteiger partial charge is 0.507 e. The predicted molar refractivity (Wildman–Crippen MR) is 105 cm³/mol. The molecule has 1 aliphatic carbocycles. The summed E-state index contributed by atoms with van der Waals surface area (Å²) in [7, 11) is 0. The summed E-state index contributed by atoms with van der Waals surface area (Å²) in [4.78, 5) is 5.37. The third-order valence-corrected chi connectivity index (χ3v) is 5.71. The molecular formula is C22H31NO3. The highest BCUT2D eigenvalue weighted by Crippen LogP contribution is 2.54. The molecule has 142 valence electrons. The number of unbranched alkanes of at least 4 members (excludes halogenated alkanes) is 1. The molecule has 0 saturated heterocycles. The number of ether oxygens (including phenoxy) is 1. The molecule has 2 atom stereocenters. The van der Waals surface area contributed by atoms with Crippen molar-refractivity contribution in [2.24, 2.45) is 11.1 Å². The minimum atomic E-state index is -0.261. The van der Waals surface area contributed by atoms with Crippen molar-refractivity contribution in [2.45, 2.75) is 71.8 Å². The summed E-state index contributed by atoms with van der Waals surface area (Å²) < 4.78 is 6.35. The molecule has 26 heavy (non-hydrogen) atoms. The van der Waals surface area contributed by atoms with E-state index in [4.69, 9.17) is 9.57 Å². The molecule has 0 aromatic heterocycles. The Labute approximate surface area is 156 Å². The number of aromatic hydroxyl groups is 1. The summed E-state index contributed by atoms with van der Waals surface area (Å²) >= 11 is 0. The van der Waals surface area contributed by atoms with Gasteiger partial charge in [-0.25, -0.2) is 0 Å². The first kappa shape index (κ1) is 18.8. The minimum Gasteiger partial charge on any atom is -0.507 e. The molecule has 4 heteroatoms. The van der Waals surface area contributed by atoms with Gasteiger partial charge in [-0.3, -0.25) is 0 Å². The lowest BCUT2D eigenvalue weighted by molar-refractivity contribution is 0.00760. The fourth-order valence-corrected chi connectivity index (χ4v) is 4.18. The minimum absolute atomic E-state index is 0.261. The zero-order chi connectivity index (χ0) is 18.9. The lowest BCUT2D eigenvalue weighted by Crippen LogP contribution is -2.45. The first-order valence-corrected chi connectivity index (χ1v) is 9.72. The number of benzene rings is 1. The Hall–Kier alpha value is -1.97. The van der Waals surface area contributed by atoms with E-state index in [1.54, 1.807) is 6.07 Å². The lowest BCUT2D eigenvalue weighted by Gasteiger charge is -2.47. The third-order valence-electron chi connectivity index (χ3n) is 5.71. The third kappa shape index (κ3) is 3.60. The molecule has 1 aromatic rings. The summed E-state index contributed by atoms with van der Waals surface area (Å²) in [5, 5.41) is 15.0. The summed E-state index contributed by atoms with van der Waals surface area (Å²) in [6.45, 7) is 11.1. The van der Waals surface area contributed by atoms with Gasteiger partial charge in [0.1, 0.15) is 23.7 Å². The number of hydrogen-bond donors (Lipinski definition) is 1. The average molecular weight is 357 g/mol. The van der Waals surface area contributed by atoms with Crippen LogP contribution in [0.1, 0.15) is 77.3 Å². The molecule has 1 heterocycles. The fourth-order valence-electron chi connectivity index (χ4n) is 4.18. The van der Waals surface area contributed by atoms with Crippen LogP contribution in [0.4, 0.5) is 0 Å². The van der Waals surface area contributed by atoms with Gasteiger partial charge in [-0.2, -0.15) is 0 Å². The molecule has 0 radical (unpaired) electrons. The average Bonchev–Trinajstić information content (AvgIpc) is 2.57. The van der Waals surface area contributed by atoms with Crippen LogP contribution < -0.4 is 4.74 Å². The maximum atomic E-state index is 10.8. The predicted octanol–water partition coefficient (Wildman–Crippen LogP) is 5.54. The van der Waals surface area contributed by atoms with Gasteiger partial charge in [0.15, 0.2) is 0 Å². The van der Waals surface area contributed by atoms with Crippen molar-refractivity contribution in [3.8, 4) is 11.5 Å². The van der Waals surface area contributed by atoms with E-state index in [1.165, 1.54) is 5.57 Å². The van der Waals surface area contributed by atoms with Gasteiger partial charge in [-0.1, -0.05) is 30.1 Å². The number of phenols is 1. The fraction of sp³-hybridized carbons (Fsp3) is 0.591. The number of nitrogens with zero attached hydrogens (tertiary/aromatic N) is 1. The van der Waals surface area contributed by atoms with Crippen LogP contribution in [-0.2, 0) is 4.84 Å². The quantitative estimate of drug-likeness (QED) is 0.325. The van der Waals surface area contributed by atoms with Crippen molar-refractivity contribution in [2.75, 3.05) is 6.61 Å². The molecule has 0 amide bonds. The highest BCUT2D eigenvalue weighted by Gasteiger charge is 2.45. The zero-order valence-corrected chi connectivity index (χ0v) is 16.6. The summed E-state index contributed by atoms with van der Waals surface area (Å²) in [5.74, 6) is 1.76. The van der Waals surface area contributed by atoms with Crippen LogP contribution in [0.5, 0.6) is 11.5 Å². The highest BCUT2D eigenvalue weighted by atomic mass is 16.6. The summed E-state index contributed by atoms with van der Waals surface area (Å²) in [6.07, 6.45) is 6.35. The normalized spacial score (nSPS) is 24.2. The first-order chi connectivity index (χ1) is 12.3. The second kappa shape index (κ2) is 7.34. The molecule has 1 aromatic carbocycles. The van der Waals surface area contributed by atoms with Crippen LogP contribution >= 0.6 is 0 Å². The van der Waals surface area contributed by atoms with E-state index in [0.29, 0.717) is 24.2 Å². The van der Waals surface area contributed by atoms with Crippen LogP contribution in [0.2, 0.25) is 0 Å². The first-order valence-electron chi connectivity index (χ1n) is 9.72. The SMILES string of the molecule is CCCCO/N=C(\C)c1cc(O)c2c(c1)OC(C)(C)[C@H]1CC=C(C)C[C@H]21. The number of allylic oxidation sites excluding steroid dienone is 2. The Morgan fingerprint density at radius 1 is 1.38 bits per heavy atom. The van der Waals surface area contributed by atoms with E-state index in [2.05, 4.69) is 38.9 Å². The number of phenolic OH excluding ortho intramolecular Hbond substituents is 1. The topological polar surface area (TPSA) is 51.0 Å². The van der Waals surface area contributed by atoms with Crippen molar-refractivity contribution >= 4 is 5.71 Å². The van der Waals surface area contributed by atoms with Gasteiger partial charge in [0.2, 0.25) is 0 Å². The van der Waals surface area contributed by atoms with E-state index in [-0.39, 0.29) is 5.60 Å². The second-order valence-electron chi connectivity index (χ2n) is 8.18. The summed E-state index contributed by atoms with van der Waals surface area (Å²) in [5.41, 5.74) is 3.67. The Bertz CT molecular complexity index is 733. The Balaban J connectivity index is 1.94. The number of rotatable bonds is 5. The lowest BCUT2D eigenvalue weighted by atomic mass is 9.67. The smallest absolute Gasteiger partial charge is 0.127 e. The van der Waals surface area contributed by atoms with Crippen LogP contribution in [0.15, 0.2) is 28.9 Å². The maximum Gasteiger partial charge on any atom is 0.127 e. The van der Waals surface area contributed by atoms with Crippen LogP contribution in [0.25, 0.3) is 0 Å². The van der Waals surface area contributed by atoms with Gasteiger partial charge in [-0.15, -0.1) is 0 Å². The van der Waals surface area contributed by atoms with Crippen molar-refractivity contribution in [1.82, 2.24) is 0 Å². The van der Waals surface area contributed by atoms with E-state index < -0.39 is 0 Å². The van der Waals surface area contributed by atoms with Crippen molar-refractivity contribution in [3.63, 3.8) is 0 Å². The molecule has 0 spiro atoms. The molecule has 0 saturated carbocycles. The summed E-state index contributed by atoms with van der Waals surface area (Å²) in [6, 6.07) is 3.80. The Morgan fingerprint density at radius 3 is 2.88 bits per heavy atom. The molecule has 0 bridgehead atoms. The van der Waals surface area contributed by atoms with E-state index in [9.17, 15) is 5.11 Å². The molecule has 0 fully saturated rings. The van der Waals surface area contributed by atoms with Crippen LogP contribution in [-0.4, -0.2) is 23.0 Å². The van der Waals surface area contributed by atoms with Gasteiger partial charge < -0.3 is 14.7 Å². The zero-order valence-electron chi connectivity index (χ0n) is 16.6. The maximum absolute atomic E-state index is 10.8. The van der Waals surface area contributed by atoms with E-state index in [0.717, 1.165) is 48.3 Å². The van der Waals surface area contributed by atoms with E-state index in [1.807, 2.05) is 13.0 Å². The standard InChI is InChI=1S/C22H31NO3/c1-6-7-10-25-23-15(3)16-12-19(24)21-17-11-14(2)8-9-18(17)22(4,5)26-20(21)13-16/h8,12-13,17-18,24H,6-7,9-11H2,1-5H3/b23-15+/t17-,18-/m0/s1. The molecule has 3 rings (SSSR count). The Kier molecular flexibility index (Phi) is 5.31. The van der Waals surface area contributed by atoms with Gasteiger partial charge in [0.25, 0.3) is 0 Å². The van der Waals surface area contributed by atoms with Gasteiger partial charge >= 0.3 is 0 Å². The molecule has 4 nitrogen and oxygen atoms in total. The van der Waals surface area contributed by atoms with Crippen molar-refractivity contribution in [1.29, 1.82) is 0 Å². The van der Waals surface area contributed by atoms with Crippen LogP contribution in [0, 0.1) is 5.92 Å². The monoisotopic (exact) mass is 357 g/mol. The molecule has 1 aliphatic heterocycles. The van der Waals surface area contributed by atoms with Crippen molar-refractivity contribution in [3.05, 3.63) is 34.9 Å². The number of fused-ring (bicyclic) bond motifs is 3. The van der Waals surface area contributed by atoms with Gasteiger partial charge in [0.05, 0.1) is 5.71 Å². The van der Waals surface area contributed by atoms with E-state index >= 15 is 0 Å². The number of hydrogen-bond acceptors (Lipinski definition) is 4. The molecular weight excluding hydrogens is 326 g/mol. The van der Waals surface area contributed by atoms with Gasteiger partial charge in [-0.05, 0) is 59.1 Å².